The normalized spacial score (nSPS) is 5.67. The van der Waals surface area contributed by atoms with E-state index in [4.69, 9.17) is 0 Å². The highest BCUT2D eigenvalue weighted by Crippen LogP contribution is 1.77. The summed E-state index contributed by atoms with van der Waals surface area (Å²) in [5.74, 6) is -0.614. The van der Waals surface area contributed by atoms with Gasteiger partial charge in [-0.2, -0.15) is 0 Å². The van der Waals surface area contributed by atoms with Crippen LogP contribution in [0.5, 0.6) is 0 Å². The summed E-state index contributed by atoms with van der Waals surface area (Å²) in [6.45, 7) is 2.96. The fourth-order valence-corrected chi connectivity index (χ4v) is 0.179. The molecule has 0 aromatic heterocycles. The van der Waals surface area contributed by atoms with Gasteiger partial charge in [0.2, 0.25) is 6.79 Å². The van der Waals surface area contributed by atoms with Crippen LogP contribution in [0.1, 0.15) is 22.3 Å². The van der Waals surface area contributed by atoms with Crippen LogP contribution in [0.4, 0.5) is 0 Å². The SMILES string of the molecule is C.C.C.C=CC(=O)OCOC=O. The van der Waals surface area contributed by atoms with Crippen molar-refractivity contribution >= 4 is 12.4 Å². The summed E-state index contributed by atoms with van der Waals surface area (Å²) in [7, 11) is 0. The number of ether oxygens (including phenoxy) is 2. The van der Waals surface area contributed by atoms with Gasteiger partial charge in [-0.1, -0.05) is 28.9 Å². The van der Waals surface area contributed by atoms with Crippen molar-refractivity contribution in [1.29, 1.82) is 0 Å². The molecular formula is C8H18O4. The Morgan fingerprint density at radius 2 is 1.83 bits per heavy atom. The third-order valence-corrected chi connectivity index (χ3v) is 0.504. The Morgan fingerprint density at radius 1 is 1.33 bits per heavy atom. The Morgan fingerprint density at radius 3 is 2.17 bits per heavy atom. The molecule has 0 unspecified atom stereocenters. The van der Waals surface area contributed by atoms with Gasteiger partial charge in [0.15, 0.2) is 0 Å². The minimum absolute atomic E-state index is 0. The smallest absolute Gasteiger partial charge is 0.333 e. The second kappa shape index (κ2) is 16.3. The third kappa shape index (κ3) is 15.9. The lowest BCUT2D eigenvalue weighted by molar-refractivity contribution is -0.155. The molecule has 0 bridgehead atoms. The van der Waals surface area contributed by atoms with Crippen LogP contribution in [0.2, 0.25) is 0 Å². The van der Waals surface area contributed by atoms with Gasteiger partial charge < -0.3 is 9.47 Å². The van der Waals surface area contributed by atoms with Crippen LogP contribution < -0.4 is 0 Å². The minimum atomic E-state index is -0.614. The summed E-state index contributed by atoms with van der Waals surface area (Å²) in [5.41, 5.74) is 0. The summed E-state index contributed by atoms with van der Waals surface area (Å²) in [5, 5.41) is 0. The number of carbonyl (C=O) groups is 2. The average Bonchev–Trinajstić information content (AvgIpc) is 1.89. The van der Waals surface area contributed by atoms with Crippen molar-refractivity contribution < 1.29 is 19.1 Å². The Kier molecular flexibility index (Phi) is 30.5. The first kappa shape index (κ1) is 22.4. The molecule has 0 N–H and O–H groups in total. The monoisotopic (exact) mass is 178 g/mol. The number of rotatable bonds is 4. The minimum Gasteiger partial charge on any atom is -0.430 e. The van der Waals surface area contributed by atoms with E-state index in [1.165, 1.54) is 0 Å². The van der Waals surface area contributed by atoms with Gasteiger partial charge in [-0.15, -0.1) is 0 Å². The molecule has 0 spiro atoms. The van der Waals surface area contributed by atoms with Crippen LogP contribution in [0.3, 0.4) is 0 Å². The van der Waals surface area contributed by atoms with Gasteiger partial charge in [-0.05, 0) is 0 Å². The molecule has 0 aromatic carbocycles. The maximum atomic E-state index is 10.2. The zero-order valence-electron chi connectivity index (χ0n) is 4.70. The van der Waals surface area contributed by atoms with Crippen molar-refractivity contribution in [3.05, 3.63) is 12.7 Å². The van der Waals surface area contributed by atoms with Crippen molar-refractivity contribution in [2.45, 2.75) is 22.3 Å². The Bertz CT molecular complexity index is 120. The molecule has 12 heavy (non-hydrogen) atoms. The Hall–Kier alpha value is -1.32. The molecule has 0 rings (SSSR count). The molecule has 0 saturated carbocycles. The predicted molar refractivity (Wildman–Crippen MR) is 48.5 cm³/mol. The van der Waals surface area contributed by atoms with E-state index in [9.17, 15) is 9.59 Å². The topological polar surface area (TPSA) is 52.6 Å². The van der Waals surface area contributed by atoms with Gasteiger partial charge in [0.1, 0.15) is 0 Å². The van der Waals surface area contributed by atoms with Crippen LogP contribution in [-0.2, 0) is 19.1 Å². The number of carbonyl (C=O) groups excluding carboxylic acids is 2. The number of hydrogen-bond donors (Lipinski definition) is 0. The predicted octanol–water partition coefficient (Wildman–Crippen LogP) is 1.75. The van der Waals surface area contributed by atoms with Crippen LogP contribution in [0.25, 0.3) is 0 Å². The average molecular weight is 178 g/mol. The van der Waals surface area contributed by atoms with E-state index in [0.717, 1.165) is 6.08 Å². The summed E-state index contributed by atoms with van der Waals surface area (Å²) in [6, 6.07) is 0. The molecule has 0 aliphatic carbocycles. The van der Waals surface area contributed by atoms with E-state index >= 15 is 0 Å². The van der Waals surface area contributed by atoms with Crippen LogP contribution in [0, 0.1) is 0 Å². The van der Waals surface area contributed by atoms with Crippen molar-refractivity contribution in [3.63, 3.8) is 0 Å². The summed E-state index contributed by atoms with van der Waals surface area (Å²) in [6.07, 6.45) is 0.980. The lowest BCUT2D eigenvalue weighted by atomic mass is 10.7. The fraction of sp³-hybridized carbons (Fsp3) is 0.500. The lowest BCUT2D eigenvalue weighted by Crippen LogP contribution is -2.03. The molecule has 0 aliphatic heterocycles. The zero-order valence-corrected chi connectivity index (χ0v) is 4.70. The van der Waals surface area contributed by atoms with Gasteiger partial charge in [0.25, 0.3) is 6.47 Å². The van der Waals surface area contributed by atoms with Crippen molar-refractivity contribution in [1.82, 2.24) is 0 Å². The standard InChI is InChI=1S/C5H6O4.3CH4/c1-2-5(7)9-4-8-3-6;;;/h2-3H,1,4H2;3*1H4. The second-order valence-electron chi connectivity index (χ2n) is 1.05. The van der Waals surface area contributed by atoms with E-state index in [1.807, 2.05) is 0 Å². The maximum absolute atomic E-state index is 10.2. The van der Waals surface area contributed by atoms with E-state index in [2.05, 4.69) is 16.1 Å². The van der Waals surface area contributed by atoms with E-state index in [-0.39, 0.29) is 35.5 Å². The van der Waals surface area contributed by atoms with Gasteiger partial charge in [0, 0.05) is 6.08 Å². The molecule has 0 aromatic rings. The van der Waals surface area contributed by atoms with Crippen molar-refractivity contribution in [3.8, 4) is 0 Å². The van der Waals surface area contributed by atoms with Crippen molar-refractivity contribution in [2.75, 3.05) is 6.79 Å². The molecule has 0 radical (unpaired) electrons. The highest BCUT2D eigenvalue weighted by molar-refractivity contribution is 5.81. The molecule has 0 saturated heterocycles. The van der Waals surface area contributed by atoms with E-state index < -0.39 is 5.97 Å². The highest BCUT2D eigenvalue weighted by Gasteiger charge is 1.91. The first-order valence-corrected chi connectivity index (χ1v) is 2.15. The van der Waals surface area contributed by atoms with Crippen LogP contribution >= 0.6 is 0 Å². The Balaban J connectivity index is -0.000000107. The first-order chi connectivity index (χ1) is 4.31. The van der Waals surface area contributed by atoms with E-state index in [0.29, 0.717) is 0 Å². The number of hydrogen-bond acceptors (Lipinski definition) is 4. The fourth-order valence-electron chi connectivity index (χ4n) is 0.179. The third-order valence-electron chi connectivity index (χ3n) is 0.504. The zero-order chi connectivity index (χ0) is 7.11. The second-order valence-corrected chi connectivity index (χ2v) is 1.05. The first-order valence-electron chi connectivity index (χ1n) is 2.15. The summed E-state index contributed by atoms with van der Waals surface area (Å²) < 4.78 is 8.26. The van der Waals surface area contributed by atoms with Gasteiger partial charge >= 0.3 is 5.97 Å². The molecule has 0 fully saturated rings. The Labute approximate surface area is 74.2 Å². The van der Waals surface area contributed by atoms with E-state index in [1.54, 1.807) is 0 Å². The summed E-state index contributed by atoms with van der Waals surface area (Å²) in [4.78, 5) is 19.6. The van der Waals surface area contributed by atoms with Crippen LogP contribution in [-0.4, -0.2) is 19.2 Å². The quantitative estimate of drug-likeness (QED) is 0.216. The molecular weight excluding hydrogens is 160 g/mol. The molecule has 74 valence electrons. The molecule has 0 atom stereocenters. The van der Waals surface area contributed by atoms with Crippen LogP contribution in [0.15, 0.2) is 12.7 Å². The van der Waals surface area contributed by atoms with Gasteiger partial charge in [-0.3, -0.25) is 4.79 Å². The molecule has 4 heteroatoms. The number of esters is 1. The largest absolute Gasteiger partial charge is 0.430 e. The molecule has 0 aliphatic rings. The lowest BCUT2D eigenvalue weighted by Gasteiger charge is -1.96. The summed E-state index contributed by atoms with van der Waals surface area (Å²) >= 11 is 0. The van der Waals surface area contributed by atoms with Crippen molar-refractivity contribution in [2.24, 2.45) is 0 Å². The highest BCUT2D eigenvalue weighted by atomic mass is 16.7. The molecule has 0 amide bonds. The molecule has 0 heterocycles. The maximum Gasteiger partial charge on any atom is 0.333 e. The van der Waals surface area contributed by atoms with Gasteiger partial charge in [0.05, 0.1) is 0 Å². The molecule has 4 nitrogen and oxygen atoms in total. The van der Waals surface area contributed by atoms with Gasteiger partial charge in [-0.25, -0.2) is 4.79 Å².